The van der Waals surface area contributed by atoms with E-state index in [1.807, 2.05) is 0 Å². The Morgan fingerprint density at radius 3 is 2.42 bits per heavy atom. The first-order valence-electron chi connectivity index (χ1n) is 11.7. The lowest BCUT2D eigenvalue weighted by Crippen LogP contribution is -2.60. The standard InChI is InChI=1S/C24H30FN5O2S/c1-14(26-22(32)18-5-3-4-6-19(18)25)21-28-29-23(30(21)2)33-13-20(31)27-24-10-15-7-16(11-24)9-17(8-15)12-24/h3-6,14-17H,7-13H2,1-2H3,(H,26,32)(H,27,31). The zero-order chi connectivity index (χ0) is 23.2. The summed E-state index contributed by atoms with van der Waals surface area (Å²) < 4.78 is 15.7. The molecule has 4 aliphatic rings. The van der Waals surface area contributed by atoms with Crippen LogP contribution in [0.25, 0.3) is 0 Å². The van der Waals surface area contributed by atoms with Crippen LogP contribution in [0, 0.1) is 23.6 Å². The molecule has 1 atom stereocenters. The number of halogens is 1. The zero-order valence-electron chi connectivity index (χ0n) is 19.0. The highest BCUT2D eigenvalue weighted by Crippen LogP contribution is 2.55. The molecule has 6 rings (SSSR count). The van der Waals surface area contributed by atoms with Gasteiger partial charge in [-0.15, -0.1) is 10.2 Å². The lowest BCUT2D eigenvalue weighted by Gasteiger charge is -2.56. The average molecular weight is 472 g/mol. The van der Waals surface area contributed by atoms with Crippen molar-refractivity contribution in [1.29, 1.82) is 0 Å². The Morgan fingerprint density at radius 1 is 1.15 bits per heavy atom. The van der Waals surface area contributed by atoms with Crippen LogP contribution in [0.5, 0.6) is 0 Å². The molecule has 7 nitrogen and oxygen atoms in total. The van der Waals surface area contributed by atoms with Gasteiger partial charge in [-0.2, -0.15) is 0 Å². The lowest BCUT2D eigenvalue weighted by atomic mass is 9.53. The summed E-state index contributed by atoms with van der Waals surface area (Å²) in [5, 5.41) is 15.2. The van der Waals surface area contributed by atoms with Gasteiger partial charge in [-0.1, -0.05) is 23.9 Å². The van der Waals surface area contributed by atoms with Gasteiger partial charge in [0.1, 0.15) is 5.82 Å². The summed E-state index contributed by atoms with van der Waals surface area (Å²) in [5.74, 6) is 2.15. The molecule has 1 unspecified atom stereocenters. The van der Waals surface area contributed by atoms with E-state index < -0.39 is 17.8 Å². The highest BCUT2D eigenvalue weighted by molar-refractivity contribution is 7.99. The largest absolute Gasteiger partial charge is 0.350 e. The zero-order valence-corrected chi connectivity index (χ0v) is 19.8. The van der Waals surface area contributed by atoms with Crippen molar-refractivity contribution >= 4 is 23.6 Å². The number of benzene rings is 1. The molecule has 0 spiro atoms. The van der Waals surface area contributed by atoms with Crippen LogP contribution in [0.2, 0.25) is 0 Å². The molecular weight excluding hydrogens is 441 g/mol. The Balaban J connectivity index is 1.17. The molecule has 0 aliphatic heterocycles. The molecular formula is C24H30FN5O2S. The van der Waals surface area contributed by atoms with Crippen molar-refractivity contribution < 1.29 is 14.0 Å². The summed E-state index contributed by atoms with van der Waals surface area (Å²) in [4.78, 5) is 25.2. The van der Waals surface area contributed by atoms with E-state index in [-0.39, 0.29) is 22.8 Å². The number of amides is 2. The second kappa shape index (κ2) is 8.74. The summed E-state index contributed by atoms with van der Waals surface area (Å²) in [7, 11) is 1.81. The third-order valence-corrected chi connectivity index (χ3v) is 8.52. The minimum Gasteiger partial charge on any atom is -0.350 e. The maximum absolute atomic E-state index is 13.9. The third-order valence-electron chi connectivity index (χ3n) is 7.50. The molecule has 1 heterocycles. The molecule has 4 fully saturated rings. The van der Waals surface area contributed by atoms with Gasteiger partial charge in [-0.3, -0.25) is 9.59 Å². The Labute approximate surface area is 197 Å². The van der Waals surface area contributed by atoms with E-state index in [0.717, 1.165) is 37.0 Å². The molecule has 4 aliphatic carbocycles. The molecule has 0 radical (unpaired) electrons. The van der Waals surface area contributed by atoms with Gasteiger partial charge < -0.3 is 15.2 Å². The van der Waals surface area contributed by atoms with Gasteiger partial charge >= 0.3 is 0 Å². The van der Waals surface area contributed by atoms with Crippen LogP contribution < -0.4 is 10.6 Å². The molecule has 33 heavy (non-hydrogen) atoms. The minimum atomic E-state index is -0.568. The van der Waals surface area contributed by atoms with Crippen molar-refractivity contribution in [2.24, 2.45) is 24.8 Å². The quantitative estimate of drug-likeness (QED) is 0.602. The number of carbonyl (C=O) groups is 2. The number of aromatic nitrogens is 3. The number of nitrogens with one attached hydrogen (secondary N) is 2. The molecule has 1 aromatic carbocycles. The van der Waals surface area contributed by atoms with Crippen LogP contribution in [0.3, 0.4) is 0 Å². The first kappa shape index (κ1) is 22.4. The topological polar surface area (TPSA) is 88.9 Å². The fourth-order valence-electron chi connectivity index (χ4n) is 6.54. The first-order chi connectivity index (χ1) is 15.8. The van der Waals surface area contributed by atoms with E-state index >= 15 is 0 Å². The second-order valence-electron chi connectivity index (χ2n) is 10.1. The van der Waals surface area contributed by atoms with Gasteiger partial charge in [0, 0.05) is 12.6 Å². The third kappa shape index (κ3) is 4.52. The van der Waals surface area contributed by atoms with Crippen molar-refractivity contribution in [1.82, 2.24) is 25.4 Å². The molecule has 1 aromatic heterocycles. The van der Waals surface area contributed by atoms with E-state index in [0.29, 0.717) is 11.0 Å². The smallest absolute Gasteiger partial charge is 0.254 e. The molecule has 2 amide bonds. The SMILES string of the molecule is CC(NC(=O)c1ccccc1F)c1nnc(SCC(=O)NC23CC4CC(CC(C4)C2)C3)n1C. The molecule has 2 N–H and O–H groups in total. The molecule has 176 valence electrons. The predicted octanol–water partition coefficient (Wildman–Crippen LogP) is 3.62. The van der Waals surface area contributed by atoms with Gasteiger partial charge in [-0.05, 0) is 75.3 Å². The normalized spacial score (nSPS) is 28.5. The van der Waals surface area contributed by atoms with E-state index in [9.17, 15) is 14.0 Å². The monoisotopic (exact) mass is 471 g/mol. The van der Waals surface area contributed by atoms with E-state index in [4.69, 9.17) is 0 Å². The highest BCUT2D eigenvalue weighted by Gasteiger charge is 2.51. The van der Waals surface area contributed by atoms with Gasteiger partial charge in [-0.25, -0.2) is 4.39 Å². The lowest BCUT2D eigenvalue weighted by molar-refractivity contribution is -0.124. The Hall–Kier alpha value is -2.42. The number of hydrogen-bond donors (Lipinski definition) is 2. The summed E-state index contributed by atoms with van der Waals surface area (Å²) in [6, 6.07) is 5.39. The number of carbonyl (C=O) groups excluding carboxylic acids is 2. The number of nitrogens with zero attached hydrogens (tertiary/aromatic N) is 3. The van der Waals surface area contributed by atoms with E-state index in [2.05, 4.69) is 20.8 Å². The van der Waals surface area contributed by atoms with Crippen LogP contribution in [0.1, 0.15) is 67.7 Å². The first-order valence-corrected chi connectivity index (χ1v) is 12.7. The maximum Gasteiger partial charge on any atom is 0.254 e. The molecule has 9 heteroatoms. The Kier molecular flexibility index (Phi) is 5.93. The van der Waals surface area contributed by atoms with Crippen LogP contribution in [0.15, 0.2) is 29.4 Å². The minimum absolute atomic E-state index is 0.00293. The van der Waals surface area contributed by atoms with Crippen molar-refractivity contribution in [3.63, 3.8) is 0 Å². The van der Waals surface area contributed by atoms with Crippen LogP contribution >= 0.6 is 11.8 Å². The molecule has 0 saturated heterocycles. The van der Waals surface area contributed by atoms with E-state index in [1.54, 1.807) is 30.7 Å². The van der Waals surface area contributed by atoms with Crippen LogP contribution in [0.4, 0.5) is 4.39 Å². The molecule has 4 saturated carbocycles. The summed E-state index contributed by atoms with van der Waals surface area (Å²) >= 11 is 1.34. The maximum atomic E-state index is 13.9. The molecule has 4 bridgehead atoms. The predicted molar refractivity (Wildman–Crippen MR) is 123 cm³/mol. The van der Waals surface area contributed by atoms with Crippen molar-refractivity contribution in [2.75, 3.05) is 5.75 Å². The number of rotatable bonds is 7. The van der Waals surface area contributed by atoms with Crippen molar-refractivity contribution in [2.45, 2.75) is 62.2 Å². The number of hydrogen-bond acceptors (Lipinski definition) is 5. The Morgan fingerprint density at radius 2 is 1.79 bits per heavy atom. The summed E-state index contributed by atoms with van der Waals surface area (Å²) in [6.45, 7) is 1.77. The van der Waals surface area contributed by atoms with Gasteiger partial charge in [0.15, 0.2) is 11.0 Å². The number of thioether (sulfide) groups is 1. The van der Waals surface area contributed by atoms with Crippen LogP contribution in [-0.4, -0.2) is 37.9 Å². The summed E-state index contributed by atoms with van der Waals surface area (Å²) in [5.41, 5.74) is -0.00868. The van der Waals surface area contributed by atoms with E-state index in [1.165, 1.54) is 43.2 Å². The Bertz CT molecular complexity index is 1040. The van der Waals surface area contributed by atoms with Crippen molar-refractivity contribution in [3.05, 3.63) is 41.5 Å². The summed E-state index contributed by atoms with van der Waals surface area (Å²) in [6.07, 6.45) is 7.42. The fourth-order valence-corrected chi connectivity index (χ4v) is 7.26. The van der Waals surface area contributed by atoms with Gasteiger partial charge in [0.25, 0.3) is 5.91 Å². The fraction of sp³-hybridized carbons (Fsp3) is 0.583. The van der Waals surface area contributed by atoms with Crippen molar-refractivity contribution in [3.8, 4) is 0 Å². The highest BCUT2D eigenvalue weighted by atomic mass is 32.2. The van der Waals surface area contributed by atoms with Crippen LogP contribution in [-0.2, 0) is 11.8 Å². The second-order valence-corrected chi connectivity index (χ2v) is 11.1. The molecule has 2 aromatic rings. The van der Waals surface area contributed by atoms with Gasteiger partial charge in [0.2, 0.25) is 5.91 Å². The van der Waals surface area contributed by atoms with Gasteiger partial charge in [0.05, 0.1) is 17.4 Å². The average Bonchev–Trinajstić information content (AvgIpc) is 3.11.